The van der Waals surface area contributed by atoms with Crippen molar-refractivity contribution in [3.63, 3.8) is 0 Å². The predicted octanol–water partition coefficient (Wildman–Crippen LogP) is 4.20. The lowest BCUT2D eigenvalue weighted by Crippen LogP contribution is -2.05. The van der Waals surface area contributed by atoms with Gasteiger partial charge >= 0.3 is 5.63 Å². The number of ether oxygens (including phenoxy) is 2. The second-order valence-corrected chi connectivity index (χ2v) is 6.23. The molecule has 0 atom stereocenters. The maximum Gasteiger partial charge on any atom is 0.336 e. The van der Waals surface area contributed by atoms with E-state index in [-0.39, 0.29) is 12.4 Å². The lowest BCUT2D eigenvalue weighted by atomic mass is 10.0. The Labute approximate surface area is 151 Å². The van der Waals surface area contributed by atoms with Crippen molar-refractivity contribution in [3.8, 4) is 11.5 Å². The summed E-state index contributed by atoms with van der Waals surface area (Å²) in [5.74, 6) is 0.923. The van der Waals surface area contributed by atoms with Gasteiger partial charge in [0.15, 0.2) is 17.3 Å². The van der Waals surface area contributed by atoms with Crippen molar-refractivity contribution in [2.24, 2.45) is 0 Å². The van der Waals surface area contributed by atoms with Gasteiger partial charge in [0, 0.05) is 22.6 Å². The molecular formula is C21H20O5. The molecule has 134 valence electrons. The van der Waals surface area contributed by atoms with Gasteiger partial charge in [-0.3, -0.25) is 4.79 Å². The van der Waals surface area contributed by atoms with Crippen LogP contribution in [0.3, 0.4) is 0 Å². The van der Waals surface area contributed by atoms with Crippen molar-refractivity contribution in [3.05, 3.63) is 69.1 Å². The van der Waals surface area contributed by atoms with Gasteiger partial charge in [-0.25, -0.2) is 4.79 Å². The van der Waals surface area contributed by atoms with Crippen LogP contribution < -0.4 is 15.1 Å². The first kappa shape index (κ1) is 17.7. The lowest BCUT2D eigenvalue weighted by molar-refractivity contribution is 0.101. The third-order valence-electron chi connectivity index (χ3n) is 4.40. The fraction of sp³-hybridized carbons (Fsp3) is 0.238. The average Bonchev–Trinajstić information content (AvgIpc) is 2.60. The number of benzene rings is 2. The van der Waals surface area contributed by atoms with Gasteiger partial charge in [0.25, 0.3) is 0 Å². The molecule has 0 bridgehead atoms. The summed E-state index contributed by atoms with van der Waals surface area (Å²) in [6.45, 7) is 5.66. The number of hydrogen-bond donors (Lipinski definition) is 0. The average molecular weight is 352 g/mol. The van der Waals surface area contributed by atoms with Gasteiger partial charge in [-0.1, -0.05) is 0 Å². The molecule has 0 fully saturated rings. The van der Waals surface area contributed by atoms with Crippen LogP contribution in [0.1, 0.15) is 34.0 Å². The number of carbonyl (C=O) groups excluding carboxylic acids is 1. The summed E-state index contributed by atoms with van der Waals surface area (Å²) < 4.78 is 16.5. The van der Waals surface area contributed by atoms with E-state index in [1.807, 2.05) is 26.0 Å². The number of ketones is 1. The van der Waals surface area contributed by atoms with E-state index in [1.54, 1.807) is 18.2 Å². The molecule has 5 nitrogen and oxygen atoms in total. The van der Waals surface area contributed by atoms with Crippen molar-refractivity contribution in [2.45, 2.75) is 27.4 Å². The van der Waals surface area contributed by atoms with Crippen molar-refractivity contribution < 1.29 is 18.7 Å². The molecule has 2 aromatic carbocycles. The number of hydrogen-bond acceptors (Lipinski definition) is 5. The monoisotopic (exact) mass is 352 g/mol. The molecule has 0 aliphatic heterocycles. The Morgan fingerprint density at radius 2 is 1.77 bits per heavy atom. The topological polar surface area (TPSA) is 65.7 Å². The molecule has 3 rings (SSSR count). The molecule has 0 saturated carbocycles. The van der Waals surface area contributed by atoms with Gasteiger partial charge in [0.1, 0.15) is 12.2 Å². The molecule has 5 heteroatoms. The first-order valence-corrected chi connectivity index (χ1v) is 8.25. The van der Waals surface area contributed by atoms with Crippen molar-refractivity contribution in [1.29, 1.82) is 0 Å². The van der Waals surface area contributed by atoms with E-state index in [4.69, 9.17) is 13.9 Å². The second-order valence-electron chi connectivity index (χ2n) is 6.23. The van der Waals surface area contributed by atoms with E-state index in [9.17, 15) is 9.59 Å². The first-order chi connectivity index (χ1) is 12.4. The van der Waals surface area contributed by atoms with Gasteiger partial charge in [-0.05, 0) is 62.2 Å². The first-order valence-electron chi connectivity index (χ1n) is 8.25. The Morgan fingerprint density at radius 3 is 2.46 bits per heavy atom. The Morgan fingerprint density at radius 1 is 1.04 bits per heavy atom. The lowest BCUT2D eigenvalue weighted by Gasteiger charge is -2.13. The van der Waals surface area contributed by atoms with Crippen LogP contribution in [0, 0.1) is 13.8 Å². The minimum Gasteiger partial charge on any atom is -0.493 e. The molecule has 0 radical (unpaired) electrons. The highest BCUT2D eigenvalue weighted by Crippen LogP contribution is 2.30. The standard InChI is InChI=1S/C21H20O5/c1-12-7-17-16(10-21(23)26-19(17)8-13(12)2)11-25-18-6-5-15(14(3)22)9-20(18)24-4/h5-10H,11H2,1-4H3. The van der Waals surface area contributed by atoms with Gasteiger partial charge in [-0.15, -0.1) is 0 Å². The van der Waals surface area contributed by atoms with E-state index < -0.39 is 5.63 Å². The number of methoxy groups -OCH3 is 1. The SMILES string of the molecule is COc1cc(C(C)=O)ccc1OCc1cc(=O)oc2cc(C)c(C)cc12. The van der Waals surface area contributed by atoms with E-state index in [0.29, 0.717) is 22.6 Å². The number of Topliss-reactive ketones (excluding diaryl/α,β-unsaturated/α-hetero) is 1. The Balaban J connectivity index is 1.96. The quantitative estimate of drug-likeness (QED) is 0.508. The maximum atomic E-state index is 11.9. The van der Waals surface area contributed by atoms with E-state index >= 15 is 0 Å². The molecule has 0 aliphatic carbocycles. The molecule has 0 spiro atoms. The summed E-state index contributed by atoms with van der Waals surface area (Å²) in [7, 11) is 1.52. The third-order valence-corrected chi connectivity index (χ3v) is 4.40. The zero-order valence-electron chi connectivity index (χ0n) is 15.2. The van der Waals surface area contributed by atoms with Crippen LogP contribution in [-0.2, 0) is 6.61 Å². The predicted molar refractivity (Wildman–Crippen MR) is 99.3 cm³/mol. The zero-order chi connectivity index (χ0) is 18.8. The highest BCUT2D eigenvalue weighted by molar-refractivity contribution is 5.94. The molecule has 0 N–H and O–H groups in total. The highest BCUT2D eigenvalue weighted by Gasteiger charge is 2.12. The van der Waals surface area contributed by atoms with Crippen LogP contribution in [0.5, 0.6) is 11.5 Å². The minimum atomic E-state index is -0.418. The summed E-state index contributed by atoms with van der Waals surface area (Å²) in [6, 6.07) is 10.3. The van der Waals surface area contributed by atoms with Gasteiger partial charge in [0.2, 0.25) is 0 Å². The van der Waals surface area contributed by atoms with Gasteiger partial charge in [0.05, 0.1) is 7.11 Å². The van der Waals surface area contributed by atoms with Gasteiger partial charge in [-0.2, -0.15) is 0 Å². The summed E-state index contributed by atoms with van der Waals surface area (Å²) in [4.78, 5) is 23.4. The normalized spacial score (nSPS) is 10.8. The molecule has 0 aliphatic rings. The van der Waals surface area contributed by atoms with E-state index in [0.717, 1.165) is 22.1 Å². The van der Waals surface area contributed by atoms with E-state index in [2.05, 4.69) is 0 Å². The molecule has 0 saturated heterocycles. The summed E-state index contributed by atoms with van der Waals surface area (Å²) in [6.07, 6.45) is 0. The molecule has 0 amide bonds. The smallest absolute Gasteiger partial charge is 0.336 e. The molecule has 0 unspecified atom stereocenters. The Kier molecular flexibility index (Phi) is 4.80. The van der Waals surface area contributed by atoms with Crippen LogP contribution in [-0.4, -0.2) is 12.9 Å². The van der Waals surface area contributed by atoms with Crippen LogP contribution in [0.4, 0.5) is 0 Å². The molecule has 3 aromatic rings. The number of carbonyl (C=O) groups is 1. The fourth-order valence-electron chi connectivity index (χ4n) is 2.76. The molecule has 1 aromatic heterocycles. The van der Waals surface area contributed by atoms with E-state index in [1.165, 1.54) is 20.1 Å². The highest BCUT2D eigenvalue weighted by atomic mass is 16.5. The fourth-order valence-corrected chi connectivity index (χ4v) is 2.76. The van der Waals surface area contributed by atoms with Crippen molar-refractivity contribution in [1.82, 2.24) is 0 Å². The third kappa shape index (κ3) is 3.47. The van der Waals surface area contributed by atoms with Crippen LogP contribution >= 0.6 is 0 Å². The van der Waals surface area contributed by atoms with Crippen LogP contribution in [0.25, 0.3) is 11.0 Å². The van der Waals surface area contributed by atoms with Crippen LogP contribution in [0.2, 0.25) is 0 Å². The number of aryl methyl sites for hydroxylation is 2. The van der Waals surface area contributed by atoms with Crippen molar-refractivity contribution >= 4 is 16.8 Å². The Hall–Kier alpha value is -3.08. The summed E-state index contributed by atoms with van der Waals surface area (Å²) in [5, 5.41) is 0.840. The zero-order valence-corrected chi connectivity index (χ0v) is 15.2. The maximum absolute atomic E-state index is 11.9. The number of rotatable bonds is 5. The second kappa shape index (κ2) is 7.04. The number of fused-ring (bicyclic) bond motifs is 1. The van der Waals surface area contributed by atoms with Crippen molar-refractivity contribution in [2.75, 3.05) is 7.11 Å². The van der Waals surface area contributed by atoms with Crippen LogP contribution in [0.15, 0.2) is 45.6 Å². The summed E-state index contributed by atoms with van der Waals surface area (Å²) >= 11 is 0. The minimum absolute atomic E-state index is 0.0487. The molecular weight excluding hydrogens is 332 g/mol. The summed E-state index contributed by atoms with van der Waals surface area (Å²) in [5.41, 5.74) is 3.57. The molecule has 26 heavy (non-hydrogen) atoms. The largest absolute Gasteiger partial charge is 0.493 e. The van der Waals surface area contributed by atoms with Gasteiger partial charge < -0.3 is 13.9 Å². The molecule has 1 heterocycles. The Bertz CT molecular complexity index is 1050.